The van der Waals surface area contributed by atoms with Crippen molar-refractivity contribution in [3.05, 3.63) is 64.9 Å². The lowest BCUT2D eigenvalue weighted by molar-refractivity contribution is -0.123. The molecule has 0 atom stereocenters. The number of carbonyl (C=O) groups excluding carboxylic acids is 3. The molecule has 2 aliphatic heterocycles. The van der Waals surface area contributed by atoms with Gasteiger partial charge in [-0.1, -0.05) is 18.2 Å². The van der Waals surface area contributed by atoms with Gasteiger partial charge < -0.3 is 19.2 Å². The molecule has 0 radical (unpaired) electrons. The monoisotopic (exact) mass is 463 g/mol. The molecule has 1 aromatic heterocycles. The molecule has 0 spiro atoms. The first-order chi connectivity index (χ1) is 16.1. The van der Waals surface area contributed by atoms with Gasteiger partial charge in [-0.2, -0.15) is 0 Å². The predicted molar refractivity (Wildman–Crippen MR) is 121 cm³/mol. The van der Waals surface area contributed by atoms with Gasteiger partial charge in [-0.3, -0.25) is 19.3 Å². The standard InChI is InChI=1S/C23H17N3O6S/c27-20(7-8-21-25-15-3-1-2-4-16(15)32-21)24-9-10-26-22(28)19(33-23(26)29)12-14-5-6-17-18(11-14)31-13-30-17/h1-8,11-12H,9-10,13H2,(H,24,27)/b8-7+,19-12-. The molecule has 0 aliphatic carbocycles. The second kappa shape index (κ2) is 8.83. The van der Waals surface area contributed by atoms with Crippen LogP contribution in [0.1, 0.15) is 11.5 Å². The average molecular weight is 463 g/mol. The highest BCUT2D eigenvalue weighted by Crippen LogP contribution is 2.36. The number of hydrogen-bond acceptors (Lipinski definition) is 8. The number of benzene rings is 2. The third kappa shape index (κ3) is 4.46. The maximum Gasteiger partial charge on any atom is 0.293 e. The largest absolute Gasteiger partial charge is 0.454 e. The SMILES string of the molecule is O=C(/C=C/c1nc2ccccc2o1)NCCN1C(=O)S/C(=C\c2ccc3c(c2)OCO3)C1=O. The van der Waals surface area contributed by atoms with Crippen LogP contribution in [-0.2, 0) is 9.59 Å². The third-order valence-corrected chi connectivity index (χ3v) is 5.80. The summed E-state index contributed by atoms with van der Waals surface area (Å²) in [7, 11) is 0. The summed E-state index contributed by atoms with van der Waals surface area (Å²) in [5.74, 6) is 0.753. The first kappa shape index (κ1) is 20.8. The quantitative estimate of drug-likeness (QED) is 0.554. The summed E-state index contributed by atoms with van der Waals surface area (Å²) < 4.78 is 16.1. The van der Waals surface area contributed by atoms with E-state index >= 15 is 0 Å². The number of rotatable bonds is 6. The Morgan fingerprint density at radius 3 is 2.88 bits per heavy atom. The van der Waals surface area contributed by atoms with Crippen molar-refractivity contribution in [2.45, 2.75) is 0 Å². The molecule has 3 amide bonds. The number of ether oxygens (including phenoxy) is 2. The van der Waals surface area contributed by atoms with Gasteiger partial charge in [0.25, 0.3) is 11.1 Å². The maximum atomic E-state index is 12.6. The third-order valence-electron chi connectivity index (χ3n) is 4.89. The number of thioether (sulfide) groups is 1. The minimum absolute atomic E-state index is 0.0611. The fourth-order valence-electron chi connectivity index (χ4n) is 3.31. The van der Waals surface area contributed by atoms with Gasteiger partial charge in [0.2, 0.25) is 18.6 Å². The minimum Gasteiger partial charge on any atom is -0.454 e. The van der Waals surface area contributed by atoms with Gasteiger partial charge in [-0.25, -0.2) is 4.98 Å². The van der Waals surface area contributed by atoms with Crippen molar-refractivity contribution < 1.29 is 28.3 Å². The number of nitrogens with one attached hydrogen (secondary N) is 1. The number of para-hydroxylation sites is 2. The minimum atomic E-state index is -0.404. The molecule has 0 bridgehead atoms. The molecule has 0 unspecified atom stereocenters. The van der Waals surface area contributed by atoms with Gasteiger partial charge in [0.15, 0.2) is 17.1 Å². The summed E-state index contributed by atoms with van der Waals surface area (Å²) in [5, 5.41) is 2.26. The summed E-state index contributed by atoms with van der Waals surface area (Å²) in [4.78, 5) is 42.7. The van der Waals surface area contributed by atoms with E-state index in [2.05, 4.69) is 10.3 Å². The highest BCUT2D eigenvalue weighted by molar-refractivity contribution is 8.18. The zero-order chi connectivity index (χ0) is 22.8. The topological polar surface area (TPSA) is 111 Å². The van der Waals surface area contributed by atoms with Crippen molar-refractivity contribution in [2.24, 2.45) is 0 Å². The normalized spacial score (nSPS) is 16.5. The van der Waals surface area contributed by atoms with E-state index in [9.17, 15) is 14.4 Å². The van der Waals surface area contributed by atoms with E-state index in [0.29, 0.717) is 33.4 Å². The summed E-state index contributed by atoms with van der Waals surface area (Å²) >= 11 is 0.857. The zero-order valence-corrected chi connectivity index (χ0v) is 18.0. The average Bonchev–Trinajstić information content (AvgIpc) is 3.51. The van der Waals surface area contributed by atoms with Gasteiger partial charge >= 0.3 is 0 Å². The van der Waals surface area contributed by atoms with Crippen molar-refractivity contribution in [3.8, 4) is 11.5 Å². The van der Waals surface area contributed by atoms with Gasteiger partial charge in [0.05, 0.1) is 4.91 Å². The van der Waals surface area contributed by atoms with E-state index in [1.807, 2.05) is 18.2 Å². The number of nitrogens with zero attached hydrogens (tertiary/aromatic N) is 2. The smallest absolute Gasteiger partial charge is 0.293 e. The van der Waals surface area contributed by atoms with Gasteiger partial charge in [0, 0.05) is 25.2 Å². The molecule has 5 rings (SSSR count). The van der Waals surface area contributed by atoms with Crippen LogP contribution in [0.15, 0.2) is 57.9 Å². The van der Waals surface area contributed by atoms with Gasteiger partial charge in [-0.15, -0.1) is 0 Å². The van der Waals surface area contributed by atoms with Crippen molar-refractivity contribution in [3.63, 3.8) is 0 Å². The Hall–Kier alpha value is -4.05. The molecule has 33 heavy (non-hydrogen) atoms. The van der Waals surface area contributed by atoms with E-state index in [1.54, 1.807) is 30.3 Å². The molecule has 1 N–H and O–H groups in total. The van der Waals surface area contributed by atoms with Gasteiger partial charge in [-0.05, 0) is 47.7 Å². The second-order valence-electron chi connectivity index (χ2n) is 7.09. The highest BCUT2D eigenvalue weighted by atomic mass is 32.2. The van der Waals surface area contributed by atoms with Crippen LogP contribution in [0.4, 0.5) is 4.79 Å². The molecule has 3 aromatic rings. The van der Waals surface area contributed by atoms with Crippen LogP contribution in [0, 0.1) is 0 Å². The van der Waals surface area contributed by atoms with Gasteiger partial charge in [0.1, 0.15) is 5.52 Å². The number of oxazole rings is 1. The van der Waals surface area contributed by atoms with E-state index in [4.69, 9.17) is 13.9 Å². The van der Waals surface area contributed by atoms with Crippen molar-refractivity contribution in [1.29, 1.82) is 0 Å². The molecule has 3 heterocycles. The molecule has 166 valence electrons. The summed E-state index contributed by atoms with van der Waals surface area (Å²) in [6.07, 6.45) is 4.39. The van der Waals surface area contributed by atoms with E-state index in [1.165, 1.54) is 12.2 Å². The number of aromatic nitrogens is 1. The number of amides is 3. The van der Waals surface area contributed by atoms with Crippen molar-refractivity contribution in [2.75, 3.05) is 19.9 Å². The number of hydrogen-bond donors (Lipinski definition) is 1. The number of carbonyl (C=O) groups is 3. The fraction of sp³-hybridized carbons (Fsp3) is 0.130. The van der Waals surface area contributed by atoms with E-state index in [-0.39, 0.29) is 31.0 Å². The molecule has 10 heteroatoms. The van der Waals surface area contributed by atoms with E-state index in [0.717, 1.165) is 22.2 Å². The molecule has 9 nitrogen and oxygen atoms in total. The first-order valence-corrected chi connectivity index (χ1v) is 10.8. The molecule has 2 aliphatic rings. The molecular weight excluding hydrogens is 446 g/mol. The van der Waals surface area contributed by atoms with Crippen LogP contribution < -0.4 is 14.8 Å². The lowest BCUT2D eigenvalue weighted by Crippen LogP contribution is -2.36. The Balaban J connectivity index is 1.15. The van der Waals surface area contributed by atoms with Crippen LogP contribution in [0.2, 0.25) is 0 Å². The fourth-order valence-corrected chi connectivity index (χ4v) is 4.17. The lowest BCUT2D eigenvalue weighted by atomic mass is 10.2. The Bertz CT molecular complexity index is 1300. The zero-order valence-electron chi connectivity index (χ0n) is 17.1. The molecule has 1 fully saturated rings. The Labute approximate surface area is 192 Å². The maximum absolute atomic E-state index is 12.6. The van der Waals surface area contributed by atoms with E-state index < -0.39 is 5.91 Å². The van der Waals surface area contributed by atoms with Crippen LogP contribution in [0.5, 0.6) is 11.5 Å². The summed E-state index contributed by atoms with van der Waals surface area (Å²) in [6, 6.07) is 12.6. The lowest BCUT2D eigenvalue weighted by Gasteiger charge is -2.12. The Morgan fingerprint density at radius 2 is 2.00 bits per heavy atom. The Morgan fingerprint density at radius 1 is 1.15 bits per heavy atom. The van der Waals surface area contributed by atoms with Crippen LogP contribution in [0.25, 0.3) is 23.3 Å². The first-order valence-electron chi connectivity index (χ1n) is 10.0. The van der Waals surface area contributed by atoms with Crippen LogP contribution in [0.3, 0.4) is 0 Å². The Kier molecular flexibility index (Phi) is 5.57. The molecule has 2 aromatic carbocycles. The molecular formula is C23H17N3O6S. The summed E-state index contributed by atoms with van der Waals surface area (Å²) in [5.41, 5.74) is 2.05. The van der Waals surface area contributed by atoms with Crippen LogP contribution >= 0.6 is 11.8 Å². The highest BCUT2D eigenvalue weighted by Gasteiger charge is 2.34. The predicted octanol–water partition coefficient (Wildman–Crippen LogP) is 3.42. The second-order valence-corrected chi connectivity index (χ2v) is 8.08. The number of fused-ring (bicyclic) bond motifs is 2. The van der Waals surface area contributed by atoms with Crippen molar-refractivity contribution >= 4 is 52.1 Å². The molecule has 1 saturated heterocycles. The number of imide groups is 1. The summed E-state index contributed by atoms with van der Waals surface area (Å²) in [6.45, 7) is 0.336. The van der Waals surface area contributed by atoms with Crippen molar-refractivity contribution in [1.82, 2.24) is 15.2 Å². The molecule has 0 saturated carbocycles. The van der Waals surface area contributed by atoms with Crippen LogP contribution in [-0.4, -0.2) is 46.8 Å².